The molecule has 0 amide bonds. The molecule has 0 fully saturated rings. The Bertz CT molecular complexity index is 1570. The van der Waals surface area contributed by atoms with E-state index >= 15 is 0 Å². The van der Waals surface area contributed by atoms with E-state index in [1.807, 2.05) is 19.1 Å². The number of thiazole rings is 1. The molecule has 0 spiro atoms. The van der Waals surface area contributed by atoms with Crippen molar-refractivity contribution in [3.05, 3.63) is 94.6 Å². The van der Waals surface area contributed by atoms with Gasteiger partial charge >= 0.3 is 11.9 Å². The Morgan fingerprint density at radius 1 is 1.19 bits per heavy atom. The number of carbonyl (C=O) groups is 2. The molecule has 0 unspecified atom stereocenters. The molecule has 0 radical (unpaired) electrons. The Balaban J connectivity index is 1.96. The summed E-state index contributed by atoms with van der Waals surface area (Å²) >= 11 is 4.74. The molecule has 0 saturated heterocycles. The molecule has 0 bridgehead atoms. The van der Waals surface area contributed by atoms with Crippen molar-refractivity contribution in [2.75, 3.05) is 13.7 Å². The van der Waals surface area contributed by atoms with Crippen LogP contribution >= 0.6 is 27.3 Å². The van der Waals surface area contributed by atoms with Crippen LogP contribution in [0.25, 0.3) is 6.08 Å². The van der Waals surface area contributed by atoms with E-state index in [0.29, 0.717) is 48.4 Å². The number of esters is 1. The van der Waals surface area contributed by atoms with Crippen LogP contribution in [0.3, 0.4) is 0 Å². The summed E-state index contributed by atoms with van der Waals surface area (Å²) in [7, 11) is 1.56. The van der Waals surface area contributed by atoms with Crippen molar-refractivity contribution in [3.63, 3.8) is 0 Å². The van der Waals surface area contributed by atoms with Gasteiger partial charge < -0.3 is 14.6 Å². The Morgan fingerprint density at radius 3 is 2.51 bits per heavy atom. The van der Waals surface area contributed by atoms with E-state index in [1.165, 1.54) is 28.0 Å². The smallest absolute Gasteiger partial charge is 0.338 e. The molecular weight excluding hydrogens is 560 g/mol. The summed E-state index contributed by atoms with van der Waals surface area (Å²) < 4.78 is 13.4. The summed E-state index contributed by atoms with van der Waals surface area (Å²) in [4.78, 5) is 43.4. The SMILES string of the molecule is CCCC1=C(C(=O)OCC)[C@@H](c2ccc(OC)c(Br)c2)n2c(s/c(=C\c3ccc(C(=O)O)cc3)c2=O)=N1. The van der Waals surface area contributed by atoms with E-state index < -0.39 is 18.0 Å². The standard InChI is InChI=1S/C27H25BrN2O6S/c1-4-6-19-22(26(34)36-5-2)23(17-11-12-20(35-3)18(28)14-17)30-24(31)21(37-27(30)29-19)13-15-7-9-16(10-8-15)25(32)33/h7-14,23H,4-6H2,1-3H3,(H,32,33)/b21-13-/t23-/m1/s1. The van der Waals surface area contributed by atoms with Crippen LogP contribution in [0, 0.1) is 0 Å². The molecule has 4 rings (SSSR count). The monoisotopic (exact) mass is 584 g/mol. The van der Waals surface area contributed by atoms with E-state index in [0.717, 1.165) is 6.42 Å². The van der Waals surface area contributed by atoms with Crippen LogP contribution < -0.4 is 19.6 Å². The van der Waals surface area contributed by atoms with Gasteiger partial charge in [-0.25, -0.2) is 14.6 Å². The van der Waals surface area contributed by atoms with Crippen LogP contribution in [0.15, 0.2) is 68.0 Å². The minimum Gasteiger partial charge on any atom is -0.496 e. The Kier molecular flexibility index (Phi) is 8.09. The minimum atomic E-state index is -1.02. The second-order valence-electron chi connectivity index (χ2n) is 8.23. The number of allylic oxidation sites excluding steroid dienone is 1. The normalized spacial score (nSPS) is 15.2. The highest BCUT2D eigenvalue weighted by Crippen LogP contribution is 2.36. The van der Waals surface area contributed by atoms with Gasteiger partial charge in [-0.15, -0.1) is 0 Å². The fourth-order valence-electron chi connectivity index (χ4n) is 4.16. The van der Waals surface area contributed by atoms with Crippen LogP contribution in [-0.4, -0.2) is 35.3 Å². The third-order valence-corrected chi connectivity index (χ3v) is 7.44. The second-order valence-corrected chi connectivity index (χ2v) is 10.1. The molecule has 192 valence electrons. The number of carboxylic acid groups (broad SMARTS) is 1. The van der Waals surface area contributed by atoms with E-state index in [4.69, 9.17) is 19.6 Å². The van der Waals surface area contributed by atoms with Gasteiger partial charge in [-0.3, -0.25) is 9.36 Å². The molecule has 8 nitrogen and oxygen atoms in total. The third-order valence-electron chi connectivity index (χ3n) is 5.84. The zero-order valence-electron chi connectivity index (χ0n) is 20.5. The second kappa shape index (κ2) is 11.3. The van der Waals surface area contributed by atoms with Gasteiger partial charge in [-0.2, -0.15) is 0 Å². The predicted octanol–water partition coefficient (Wildman–Crippen LogP) is 4.05. The number of methoxy groups -OCH3 is 1. The molecule has 10 heteroatoms. The summed E-state index contributed by atoms with van der Waals surface area (Å²) in [5.41, 5.74) is 2.17. The highest BCUT2D eigenvalue weighted by Gasteiger charge is 2.34. The first-order valence-corrected chi connectivity index (χ1v) is 13.3. The predicted molar refractivity (Wildman–Crippen MR) is 144 cm³/mol. The van der Waals surface area contributed by atoms with Crippen molar-refractivity contribution in [1.82, 2.24) is 4.57 Å². The maximum atomic E-state index is 13.8. The van der Waals surface area contributed by atoms with Crippen molar-refractivity contribution in [2.24, 2.45) is 4.99 Å². The van der Waals surface area contributed by atoms with E-state index in [2.05, 4.69) is 15.9 Å². The van der Waals surface area contributed by atoms with Gasteiger partial charge in [-0.05, 0) is 70.7 Å². The lowest BCUT2D eigenvalue weighted by molar-refractivity contribution is -0.139. The summed E-state index contributed by atoms with van der Waals surface area (Å²) in [5.74, 6) is -0.909. The molecule has 2 aromatic carbocycles. The summed E-state index contributed by atoms with van der Waals surface area (Å²) in [6.45, 7) is 3.93. The topological polar surface area (TPSA) is 107 Å². The summed E-state index contributed by atoms with van der Waals surface area (Å²) in [6, 6.07) is 11.0. The minimum absolute atomic E-state index is 0.159. The highest BCUT2D eigenvalue weighted by atomic mass is 79.9. The van der Waals surface area contributed by atoms with Crippen LogP contribution in [0.4, 0.5) is 0 Å². The van der Waals surface area contributed by atoms with Gasteiger partial charge in [-0.1, -0.05) is 42.9 Å². The summed E-state index contributed by atoms with van der Waals surface area (Å²) in [6.07, 6.45) is 3.00. The lowest BCUT2D eigenvalue weighted by Gasteiger charge is -2.26. The van der Waals surface area contributed by atoms with E-state index in [9.17, 15) is 14.4 Å². The number of aromatic nitrogens is 1. The van der Waals surface area contributed by atoms with Crippen molar-refractivity contribution in [1.29, 1.82) is 0 Å². The zero-order chi connectivity index (χ0) is 26.7. The lowest BCUT2D eigenvalue weighted by Crippen LogP contribution is -2.40. The molecule has 0 saturated carbocycles. The molecule has 0 aliphatic carbocycles. The average molecular weight is 585 g/mol. The number of rotatable bonds is 8. The number of hydrogen-bond donors (Lipinski definition) is 1. The molecule has 2 heterocycles. The largest absolute Gasteiger partial charge is 0.496 e. The molecule has 1 aliphatic heterocycles. The van der Waals surface area contributed by atoms with Crippen LogP contribution in [-0.2, 0) is 9.53 Å². The first-order valence-electron chi connectivity index (χ1n) is 11.7. The highest BCUT2D eigenvalue weighted by molar-refractivity contribution is 9.10. The number of carboxylic acids is 1. The van der Waals surface area contributed by atoms with Gasteiger partial charge in [0.15, 0.2) is 4.80 Å². The summed E-state index contributed by atoms with van der Waals surface area (Å²) in [5, 5.41) is 9.16. The Labute approximate surface area is 225 Å². The van der Waals surface area contributed by atoms with Gasteiger partial charge in [0.1, 0.15) is 5.75 Å². The maximum absolute atomic E-state index is 13.8. The van der Waals surface area contributed by atoms with Crippen molar-refractivity contribution < 1.29 is 24.2 Å². The van der Waals surface area contributed by atoms with Crippen LogP contribution in [0.5, 0.6) is 5.75 Å². The number of benzene rings is 2. The number of aromatic carboxylic acids is 1. The van der Waals surface area contributed by atoms with E-state index in [-0.39, 0.29) is 17.7 Å². The first-order chi connectivity index (χ1) is 17.8. The lowest BCUT2D eigenvalue weighted by atomic mass is 9.94. The number of fused-ring (bicyclic) bond motifs is 1. The first kappa shape index (κ1) is 26.6. The van der Waals surface area contributed by atoms with Crippen molar-refractivity contribution in [2.45, 2.75) is 32.7 Å². The van der Waals surface area contributed by atoms with Crippen LogP contribution in [0.2, 0.25) is 0 Å². The maximum Gasteiger partial charge on any atom is 0.338 e. The number of carbonyl (C=O) groups excluding carboxylic acids is 1. The Hall–Kier alpha value is -3.50. The molecule has 1 N–H and O–H groups in total. The Morgan fingerprint density at radius 2 is 1.92 bits per heavy atom. The van der Waals surface area contributed by atoms with Crippen molar-refractivity contribution >= 4 is 45.3 Å². The molecule has 3 aromatic rings. The third kappa shape index (κ3) is 5.30. The fourth-order valence-corrected chi connectivity index (χ4v) is 5.74. The number of hydrogen-bond acceptors (Lipinski definition) is 7. The van der Waals surface area contributed by atoms with Gasteiger partial charge in [0, 0.05) is 0 Å². The average Bonchev–Trinajstić information content (AvgIpc) is 3.18. The molecular formula is C27H25BrN2O6S. The molecule has 1 atom stereocenters. The molecule has 37 heavy (non-hydrogen) atoms. The van der Waals surface area contributed by atoms with Gasteiger partial charge in [0.25, 0.3) is 5.56 Å². The number of nitrogens with zero attached hydrogens (tertiary/aromatic N) is 2. The quantitative estimate of drug-likeness (QED) is 0.400. The number of ether oxygens (including phenoxy) is 2. The van der Waals surface area contributed by atoms with Crippen molar-refractivity contribution in [3.8, 4) is 5.75 Å². The van der Waals surface area contributed by atoms with E-state index in [1.54, 1.807) is 38.3 Å². The zero-order valence-corrected chi connectivity index (χ0v) is 22.9. The van der Waals surface area contributed by atoms with Gasteiger partial charge in [0.2, 0.25) is 0 Å². The van der Waals surface area contributed by atoms with Gasteiger partial charge in [0.05, 0.1) is 45.6 Å². The molecule has 1 aliphatic rings. The fraction of sp³-hybridized carbons (Fsp3) is 0.259. The molecule has 1 aromatic heterocycles. The number of halogens is 1. The van der Waals surface area contributed by atoms with Crippen LogP contribution in [0.1, 0.15) is 54.2 Å².